The molecule has 2 aromatic rings. The molecule has 0 bridgehead atoms. The zero-order valence-electron chi connectivity index (χ0n) is 7.52. The maximum atomic E-state index is 11.6. The van der Waals surface area contributed by atoms with E-state index in [9.17, 15) is 4.79 Å². The van der Waals surface area contributed by atoms with Gasteiger partial charge in [-0.15, -0.1) is 0 Å². The van der Waals surface area contributed by atoms with E-state index in [4.69, 9.17) is 5.26 Å². The first-order valence-electron chi connectivity index (χ1n) is 4.08. The highest BCUT2D eigenvalue weighted by atomic mass is 32.1. The first kappa shape index (κ1) is 9.43. The lowest BCUT2D eigenvalue weighted by Gasteiger charge is -1.99. The van der Waals surface area contributed by atoms with Gasteiger partial charge in [0.05, 0.1) is 11.8 Å². The molecule has 2 rings (SSSR count). The van der Waals surface area contributed by atoms with Gasteiger partial charge in [0.1, 0.15) is 17.5 Å². The zero-order valence-corrected chi connectivity index (χ0v) is 8.34. The van der Waals surface area contributed by atoms with E-state index in [0.29, 0.717) is 16.9 Å². The third-order valence-corrected chi connectivity index (χ3v) is 2.46. The molecule has 74 valence electrons. The standard InChI is InChI=1S/C9H6N4OS/c10-3-7-4-11-13-8(7)12-9(14)6-1-2-15-5-6/h1-2,4-5H,(H2,11,12,13,14). The summed E-state index contributed by atoms with van der Waals surface area (Å²) in [6.07, 6.45) is 1.36. The first-order valence-corrected chi connectivity index (χ1v) is 5.02. The summed E-state index contributed by atoms with van der Waals surface area (Å²) in [6, 6.07) is 3.63. The van der Waals surface area contributed by atoms with E-state index in [2.05, 4.69) is 15.5 Å². The van der Waals surface area contributed by atoms with Crippen LogP contribution in [-0.2, 0) is 0 Å². The predicted octanol–water partition coefficient (Wildman–Crippen LogP) is 1.60. The number of rotatable bonds is 2. The molecule has 0 saturated heterocycles. The lowest BCUT2D eigenvalue weighted by Crippen LogP contribution is -2.11. The minimum atomic E-state index is -0.253. The van der Waals surface area contributed by atoms with Crippen LogP contribution in [0.25, 0.3) is 0 Å². The van der Waals surface area contributed by atoms with Gasteiger partial charge in [-0.2, -0.15) is 21.7 Å². The molecule has 0 atom stereocenters. The quantitative estimate of drug-likeness (QED) is 0.803. The fourth-order valence-electron chi connectivity index (χ4n) is 1.05. The second-order valence-corrected chi connectivity index (χ2v) is 3.52. The molecule has 2 N–H and O–H groups in total. The van der Waals surface area contributed by atoms with Crippen LogP contribution in [0.4, 0.5) is 5.82 Å². The smallest absolute Gasteiger partial charge is 0.257 e. The summed E-state index contributed by atoms with van der Waals surface area (Å²) in [5.74, 6) is 0.0747. The number of hydrogen-bond donors (Lipinski definition) is 2. The lowest BCUT2D eigenvalue weighted by molar-refractivity contribution is 0.102. The number of carbonyl (C=O) groups excluding carboxylic acids is 1. The third kappa shape index (κ3) is 1.87. The van der Waals surface area contributed by atoms with Crippen LogP contribution in [0.5, 0.6) is 0 Å². The highest BCUT2D eigenvalue weighted by Crippen LogP contribution is 2.12. The monoisotopic (exact) mass is 218 g/mol. The van der Waals surface area contributed by atoms with E-state index < -0.39 is 0 Å². The number of H-pyrrole nitrogens is 1. The number of aromatic nitrogens is 2. The van der Waals surface area contributed by atoms with Crippen molar-refractivity contribution in [2.75, 3.05) is 5.32 Å². The van der Waals surface area contributed by atoms with Crippen molar-refractivity contribution in [1.29, 1.82) is 5.26 Å². The fraction of sp³-hybridized carbons (Fsp3) is 0. The molecule has 5 nitrogen and oxygen atoms in total. The molecule has 0 unspecified atom stereocenters. The maximum absolute atomic E-state index is 11.6. The lowest BCUT2D eigenvalue weighted by atomic mass is 10.3. The van der Waals surface area contributed by atoms with E-state index >= 15 is 0 Å². The Morgan fingerprint density at radius 3 is 3.20 bits per heavy atom. The molecule has 0 aliphatic rings. The van der Waals surface area contributed by atoms with Crippen LogP contribution >= 0.6 is 11.3 Å². The summed E-state index contributed by atoms with van der Waals surface area (Å²) in [7, 11) is 0. The highest BCUT2D eigenvalue weighted by Gasteiger charge is 2.10. The molecular weight excluding hydrogens is 212 g/mol. The van der Waals surface area contributed by atoms with Gasteiger partial charge in [0.15, 0.2) is 0 Å². The van der Waals surface area contributed by atoms with Crippen molar-refractivity contribution in [3.63, 3.8) is 0 Å². The molecule has 0 aliphatic carbocycles. The van der Waals surface area contributed by atoms with Crippen molar-refractivity contribution < 1.29 is 4.79 Å². The van der Waals surface area contributed by atoms with Gasteiger partial charge in [-0.1, -0.05) is 0 Å². The largest absolute Gasteiger partial charge is 0.306 e. The van der Waals surface area contributed by atoms with Crippen molar-refractivity contribution >= 4 is 23.1 Å². The molecule has 0 saturated carbocycles. The second-order valence-electron chi connectivity index (χ2n) is 2.74. The second kappa shape index (κ2) is 3.94. The average Bonchev–Trinajstić information content (AvgIpc) is 2.87. The van der Waals surface area contributed by atoms with Crippen molar-refractivity contribution in [2.24, 2.45) is 0 Å². The Balaban J connectivity index is 2.17. The van der Waals surface area contributed by atoms with Gasteiger partial charge in [-0.25, -0.2) is 0 Å². The normalized spacial score (nSPS) is 9.53. The number of nitrogens with one attached hydrogen (secondary N) is 2. The summed E-state index contributed by atoms with van der Waals surface area (Å²) >= 11 is 1.44. The zero-order chi connectivity index (χ0) is 10.7. The van der Waals surface area contributed by atoms with Gasteiger partial charge in [-0.05, 0) is 11.4 Å². The minimum Gasteiger partial charge on any atom is -0.306 e. The molecule has 15 heavy (non-hydrogen) atoms. The summed E-state index contributed by atoms with van der Waals surface area (Å²) < 4.78 is 0. The van der Waals surface area contributed by atoms with Gasteiger partial charge in [0, 0.05) is 5.38 Å². The summed E-state index contributed by atoms with van der Waals surface area (Å²) in [5.41, 5.74) is 0.886. The van der Waals surface area contributed by atoms with Gasteiger partial charge in [0.25, 0.3) is 5.91 Å². The molecule has 2 heterocycles. The predicted molar refractivity (Wildman–Crippen MR) is 55.6 cm³/mol. The Morgan fingerprint density at radius 1 is 1.67 bits per heavy atom. The number of nitrogens with zero attached hydrogens (tertiary/aromatic N) is 2. The minimum absolute atomic E-state index is 0.253. The Hall–Kier alpha value is -2.13. The van der Waals surface area contributed by atoms with Crippen LogP contribution in [-0.4, -0.2) is 16.1 Å². The van der Waals surface area contributed by atoms with Crippen LogP contribution in [0, 0.1) is 11.3 Å². The van der Waals surface area contributed by atoms with Crippen molar-refractivity contribution in [3.05, 3.63) is 34.2 Å². The number of thiophene rings is 1. The molecule has 0 spiro atoms. The van der Waals surface area contributed by atoms with E-state index in [1.54, 1.807) is 11.4 Å². The molecular formula is C9H6N4OS. The number of amides is 1. The summed E-state index contributed by atoms with van der Waals surface area (Å²) in [4.78, 5) is 11.6. The summed E-state index contributed by atoms with van der Waals surface area (Å²) in [6.45, 7) is 0. The molecule has 1 amide bonds. The Morgan fingerprint density at radius 2 is 2.53 bits per heavy atom. The van der Waals surface area contributed by atoms with E-state index in [1.165, 1.54) is 17.5 Å². The van der Waals surface area contributed by atoms with Crippen LogP contribution < -0.4 is 5.32 Å². The molecule has 6 heteroatoms. The number of anilines is 1. The molecule has 0 fully saturated rings. The fourth-order valence-corrected chi connectivity index (χ4v) is 1.68. The molecule has 0 radical (unpaired) electrons. The van der Waals surface area contributed by atoms with Gasteiger partial charge in [-0.3, -0.25) is 9.89 Å². The number of hydrogen-bond acceptors (Lipinski definition) is 4. The van der Waals surface area contributed by atoms with Crippen LogP contribution in [0.1, 0.15) is 15.9 Å². The number of nitriles is 1. The van der Waals surface area contributed by atoms with Gasteiger partial charge >= 0.3 is 0 Å². The third-order valence-electron chi connectivity index (χ3n) is 1.78. The Bertz CT molecular complexity index is 508. The SMILES string of the molecule is N#Cc1cn[nH]c1NC(=O)c1ccsc1. The molecule has 0 aliphatic heterocycles. The summed E-state index contributed by atoms with van der Waals surface area (Å²) in [5, 5.41) is 21.0. The van der Waals surface area contributed by atoms with Gasteiger partial charge < -0.3 is 5.32 Å². The number of aromatic amines is 1. The Kier molecular flexibility index (Phi) is 2.48. The van der Waals surface area contributed by atoms with Crippen LogP contribution in [0.3, 0.4) is 0 Å². The van der Waals surface area contributed by atoms with Crippen LogP contribution in [0.15, 0.2) is 23.0 Å². The van der Waals surface area contributed by atoms with Crippen LogP contribution in [0.2, 0.25) is 0 Å². The molecule has 0 aromatic carbocycles. The Labute approximate surface area is 89.4 Å². The van der Waals surface area contributed by atoms with E-state index in [1.807, 2.05) is 11.4 Å². The number of carbonyl (C=O) groups is 1. The van der Waals surface area contributed by atoms with E-state index in [-0.39, 0.29) is 5.91 Å². The van der Waals surface area contributed by atoms with Gasteiger partial charge in [0.2, 0.25) is 0 Å². The van der Waals surface area contributed by atoms with Crippen molar-refractivity contribution in [2.45, 2.75) is 0 Å². The topological polar surface area (TPSA) is 81.6 Å². The maximum Gasteiger partial charge on any atom is 0.257 e. The van der Waals surface area contributed by atoms with Crippen molar-refractivity contribution in [1.82, 2.24) is 10.2 Å². The molecule has 2 aromatic heterocycles. The average molecular weight is 218 g/mol. The first-order chi connectivity index (χ1) is 7.31. The van der Waals surface area contributed by atoms with Crippen molar-refractivity contribution in [3.8, 4) is 6.07 Å². The van der Waals surface area contributed by atoms with E-state index in [0.717, 1.165) is 0 Å². The highest BCUT2D eigenvalue weighted by molar-refractivity contribution is 7.08.